The van der Waals surface area contributed by atoms with E-state index in [0.29, 0.717) is 6.42 Å². The number of rotatable bonds is 3. The van der Waals surface area contributed by atoms with E-state index < -0.39 is 0 Å². The lowest BCUT2D eigenvalue weighted by atomic mass is 10.2. The Hall–Kier alpha value is -2.15. The molecule has 0 aliphatic carbocycles. The van der Waals surface area contributed by atoms with Crippen molar-refractivity contribution in [3.05, 3.63) is 23.8 Å². The van der Waals surface area contributed by atoms with Gasteiger partial charge in [-0.05, 0) is 31.9 Å². The molecule has 4 heteroatoms. The van der Waals surface area contributed by atoms with Gasteiger partial charge in [0.25, 0.3) is 0 Å². The van der Waals surface area contributed by atoms with Crippen LogP contribution in [0.3, 0.4) is 0 Å². The van der Waals surface area contributed by atoms with Crippen molar-refractivity contribution in [1.29, 1.82) is 0 Å². The third-order valence-electron chi connectivity index (χ3n) is 2.78. The lowest BCUT2D eigenvalue weighted by Gasteiger charge is -2.00. The molecule has 2 rings (SSSR count). The molecule has 0 aliphatic heterocycles. The van der Waals surface area contributed by atoms with Crippen LogP contribution in [-0.4, -0.2) is 20.9 Å². The molecular weight excluding hydrogens is 226 g/mol. The SMILES string of the molecule is CC#CCCCC(=O)n1nnc2c(C)cccc21. The van der Waals surface area contributed by atoms with Crippen LogP contribution in [0.25, 0.3) is 11.0 Å². The van der Waals surface area contributed by atoms with Crippen molar-refractivity contribution in [2.75, 3.05) is 0 Å². The van der Waals surface area contributed by atoms with Crippen molar-refractivity contribution in [2.45, 2.75) is 33.1 Å². The first-order valence-corrected chi connectivity index (χ1v) is 5.98. The third kappa shape index (κ3) is 2.40. The molecule has 0 saturated carbocycles. The van der Waals surface area contributed by atoms with Crippen molar-refractivity contribution in [2.24, 2.45) is 0 Å². The number of benzene rings is 1. The molecule has 0 atom stereocenters. The first kappa shape index (κ1) is 12.3. The van der Waals surface area contributed by atoms with Crippen LogP contribution in [0.15, 0.2) is 18.2 Å². The largest absolute Gasteiger partial charge is 0.273 e. The van der Waals surface area contributed by atoms with Crippen LogP contribution in [0.2, 0.25) is 0 Å². The number of aromatic nitrogens is 3. The monoisotopic (exact) mass is 241 g/mol. The summed E-state index contributed by atoms with van der Waals surface area (Å²) in [6.07, 6.45) is 1.95. The van der Waals surface area contributed by atoms with Gasteiger partial charge in [0.2, 0.25) is 5.91 Å². The second-order valence-electron chi connectivity index (χ2n) is 4.12. The molecule has 0 radical (unpaired) electrons. The van der Waals surface area contributed by atoms with Crippen molar-refractivity contribution in [3.8, 4) is 11.8 Å². The molecule has 18 heavy (non-hydrogen) atoms. The highest BCUT2D eigenvalue weighted by molar-refractivity contribution is 5.89. The zero-order valence-electron chi connectivity index (χ0n) is 10.6. The van der Waals surface area contributed by atoms with E-state index in [9.17, 15) is 4.79 Å². The van der Waals surface area contributed by atoms with E-state index in [1.165, 1.54) is 4.68 Å². The van der Waals surface area contributed by atoms with Gasteiger partial charge >= 0.3 is 0 Å². The Morgan fingerprint density at radius 1 is 1.44 bits per heavy atom. The highest BCUT2D eigenvalue weighted by Gasteiger charge is 2.12. The Labute approximate surface area is 106 Å². The third-order valence-corrected chi connectivity index (χ3v) is 2.78. The molecule has 0 saturated heterocycles. The molecule has 0 N–H and O–H groups in total. The van der Waals surface area contributed by atoms with Gasteiger partial charge < -0.3 is 0 Å². The molecule has 0 spiro atoms. The summed E-state index contributed by atoms with van der Waals surface area (Å²) in [6, 6.07) is 5.74. The number of unbranched alkanes of at least 4 members (excludes halogenated alkanes) is 1. The maximum Gasteiger partial charge on any atom is 0.248 e. The summed E-state index contributed by atoms with van der Waals surface area (Å²) in [4.78, 5) is 12.0. The molecule has 1 aromatic carbocycles. The van der Waals surface area contributed by atoms with Crippen LogP contribution in [0.5, 0.6) is 0 Å². The van der Waals surface area contributed by atoms with Crippen molar-refractivity contribution >= 4 is 16.9 Å². The Kier molecular flexibility index (Phi) is 3.73. The van der Waals surface area contributed by atoms with Crippen molar-refractivity contribution < 1.29 is 4.79 Å². The van der Waals surface area contributed by atoms with Gasteiger partial charge in [0, 0.05) is 12.8 Å². The van der Waals surface area contributed by atoms with Crippen LogP contribution in [0.4, 0.5) is 0 Å². The van der Waals surface area contributed by atoms with Crippen LogP contribution < -0.4 is 0 Å². The molecule has 1 aromatic heterocycles. The zero-order chi connectivity index (χ0) is 13.0. The second-order valence-corrected chi connectivity index (χ2v) is 4.12. The number of hydrogen-bond acceptors (Lipinski definition) is 3. The minimum absolute atomic E-state index is 0.0268. The van der Waals surface area contributed by atoms with E-state index in [4.69, 9.17) is 0 Å². The summed E-state index contributed by atoms with van der Waals surface area (Å²) in [6.45, 7) is 3.76. The van der Waals surface area contributed by atoms with Crippen LogP contribution >= 0.6 is 0 Å². The van der Waals surface area contributed by atoms with Crippen molar-refractivity contribution in [1.82, 2.24) is 15.0 Å². The fraction of sp³-hybridized carbons (Fsp3) is 0.357. The van der Waals surface area contributed by atoms with Gasteiger partial charge in [-0.3, -0.25) is 4.79 Å². The topological polar surface area (TPSA) is 47.8 Å². The summed E-state index contributed by atoms with van der Waals surface area (Å²) in [7, 11) is 0. The van der Waals surface area contributed by atoms with E-state index in [1.54, 1.807) is 6.92 Å². The number of fused-ring (bicyclic) bond motifs is 1. The van der Waals surface area contributed by atoms with Crippen LogP contribution in [0, 0.1) is 18.8 Å². The van der Waals surface area contributed by atoms with Gasteiger partial charge in [0.1, 0.15) is 5.52 Å². The van der Waals surface area contributed by atoms with E-state index in [2.05, 4.69) is 22.2 Å². The maximum atomic E-state index is 12.0. The quantitative estimate of drug-likeness (QED) is 0.613. The number of hydrogen-bond donors (Lipinski definition) is 0. The van der Waals surface area contributed by atoms with Gasteiger partial charge in [-0.1, -0.05) is 17.3 Å². The molecule has 2 aromatic rings. The second kappa shape index (κ2) is 5.46. The van der Waals surface area contributed by atoms with Gasteiger partial charge in [-0.25, -0.2) is 0 Å². The maximum absolute atomic E-state index is 12.0. The average Bonchev–Trinajstić information content (AvgIpc) is 2.80. The predicted molar refractivity (Wildman–Crippen MR) is 70.2 cm³/mol. The molecule has 0 bridgehead atoms. The Morgan fingerprint density at radius 3 is 3.06 bits per heavy atom. The van der Waals surface area contributed by atoms with E-state index >= 15 is 0 Å². The number of aryl methyl sites for hydroxylation is 1. The molecule has 0 aliphatic rings. The predicted octanol–water partition coefficient (Wildman–Crippen LogP) is 2.57. The zero-order valence-corrected chi connectivity index (χ0v) is 10.6. The van der Waals surface area contributed by atoms with Gasteiger partial charge in [0.15, 0.2) is 0 Å². The lowest BCUT2D eigenvalue weighted by Crippen LogP contribution is -2.11. The first-order valence-electron chi connectivity index (χ1n) is 5.98. The van der Waals surface area contributed by atoms with E-state index in [-0.39, 0.29) is 5.91 Å². The molecular formula is C14H15N3O. The van der Waals surface area contributed by atoms with E-state index in [1.807, 2.05) is 25.1 Å². The first-order chi connectivity index (χ1) is 8.74. The molecule has 0 unspecified atom stereocenters. The molecule has 0 amide bonds. The molecule has 0 fully saturated rings. The molecule has 1 heterocycles. The van der Waals surface area contributed by atoms with Gasteiger partial charge in [-0.2, -0.15) is 4.68 Å². The lowest BCUT2D eigenvalue weighted by molar-refractivity contribution is 0.0888. The minimum Gasteiger partial charge on any atom is -0.273 e. The minimum atomic E-state index is -0.0268. The summed E-state index contributed by atoms with van der Waals surface area (Å²) >= 11 is 0. The van der Waals surface area contributed by atoms with Crippen molar-refractivity contribution in [3.63, 3.8) is 0 Å². The highest BCUT2D eigenvalue weighted by Crippen LogP contribution is 2.15. The highest BCUT2D eigenvalue weighted by atomic mass is 16.2. The number of carbonyl (C=O) groups excluding carboxylic acids is 1. The summed E-state index contributed by atoms with van der Waals surface area (Å²) in [5.74, 6) is 5.74. The van der Waals surface area contributed by atoms with Crippen LogP contribution in [0.1, 0.15) is 36.5 Å². The summed E-state index contributed by atoms with van der Waals surface area (Å²) < 4.78 is 1.39. The Bertz CT molecular complexity index is 631. The Balaban J connectivity index is 2.17. The molecule has 4 nitrogen and oxygen atoms in total. The van der Waals surface area contributed by atoms with Gasteiger partial charge in [0.05, 0.1) is 5.52 Å². The summed E-state index contributed by atoms with van der Waals surface area (Å²) in [5.41, 5.74) is 2.60. The number of nitrogens with zero attached hydrogens (tertiary/aromatic N) is 3. The van der Waals surface area contributed by atoms with E-state index in [0.717, 1.165) is 29.4 Å². The smallest absolute Gasteiger partial charge is 0.248 e. The standard InChI is InChI=1S/C14H15N3O/c1-3-4-5-6-10-13(18)17-12-9-7-8-11(2)14(12)15-16-17/h7-9H,5-6,10H2,1-2H3. The molecule has 92 valence electrons. The fourth-order valence-electron chi connectivity index (χ4n) is 1.83. The Morgan fingerprint density at radius 2 is 2.28 bits per heavy atom. The normalized spacial score (nSPS) is 10.1. The summed E-state index contributed by atoms with van der Waals surface area (Å²) in [5, 5.41) is 7.98. The average molecular weight is 241 g/mol. The number of carbonyl (C=O) groups is 1. The fourth-order valence-corrected chi connectivity index (χ4v) is 1.83. The van der Waals surface area contributed by atoms with Crippen LogP contribution in [-0.2, 0) is 0 Å². The van der Waals surface area contributed by atoms with Gasteiger partial charge in [-0.15, -0.1) is 16.9 Å².